The number of carbonyl (C=O) groups is 3. The zero-order valence-corrected chi connectivity index (χ0v) is 24.6. The number of ether oxygens (including phenoxy) is 2. The summed E-state index contributed by atoms with van der Waals surface area (Å²) < 4.78 is 12.6. The van der Waals surface area contributed by atoms with Crippen molar-refractivity contribution in [3.05, 3.63) is 61.2 Å². The van der Waals surface area contributed by atoms with Gasteiger partial charge in [-0.3, -0.25) is 14.4 Å². The minimum Gasteiger partial charge on any atom is -0.465 e. The third kappa shape index (κ3) is 5.86. The molecule has 8 heteroatoms. The lowest BCUT2D eigenvalue weighted by atomic mass is 9.62. The van der Waals surface area contributed by atoms with Crippen molar-refractivity contribution in [3.8, 4) is 0 Å². The maximum Gasteiger partial charge on any atom is 0.312 e. The Labute approximate surface area is 244 Å². The minimum atomic E-state index is -1.11. The van der Waals surface area contributed by atoms with E-state index in [1.807, 2.05) is 50.3 Å². The van der Waals surface area contributed by atoms with Crippen molar-refractivity contribution >= 4 is 17.8 Å². The molecule has 0 aromatic heterocycles. The Kier molecular flexibility index (Phi) is 10.1. The molecule has 3 heterocycles. The molecule has 1 spiro atoms. The zero-order chi connectivity index (χ0) is 29.6. The number of aliphatic hydroxyl groups is 1. The van der Waals surface area contributed by atoms with Gasteiger partial charge < -0.3 is 24.4 Å². The van der Waals surface area contributed by atoms with E-state index in [0.29, 0.717) is 38.9 Å². The molecule has 0 aliphatic carbocycles. The second-order valence-electron chi connectivity index (χ2n) is 12.0. The highest BCUT2D eigenvalue weighted by molar-refractivity contribution is 5.98. The van der Waals surface area contributed by atoms with E-state index in [1.54, 1.807) is 15.9 Å². The number of nitrogens with zero attached hydrogens (tertiary/aromatic N) is 2. The van der Waals surface area contributed by atoms with Gasteiger partial charge in [0.15, 0.2) is 0 Å². The minimum absolute atomic E-state index is 0.0449. The quantitative estimate of drug-likeness (QED) is 0.182. The Morgan fingerprint density at radius 1 is 1.15 bits per heavy atom. The first kappa shape index (κ1) is 31.0. The molecule has 224 valence electrons. The molecule has 0 saturated carbocycles. The van der Waals surface area contributed by atoms with Gasteiger partial charge in [0.2, 0.25) is 11.8 Å². The van der Waals surface area contributed by atoms with Crippen molar-refractivity contribution in [2.24, 2.45) is 17.8 Å². The van der Waals surface area contributed by atoms with Crippen LogP contribution >= 0.6 is 0 Å². The van der Waals surface area contributed by atoms with Crippen LogP contribution in [0.25, 0.3) is 0 Å². The number of hydrogen-bond acceptors (Lipinski definition) is 6. The number of esters is 1. The Hall–Kier alpha value is -2.97. The van der Waals surface area contributed by atoms with Crippen LogP contribution in [-0.2, 0) is 30.4 Å². The summed E-state index contributed by atoms with van der Waals surface area (Å²) in [5, 5.41) is 9.28. The molecule has 41 heavy (non-hydrogen) atoms. The number of carbonyl (C=O) groups excluding carboxylic acids is 3. The SMILES string of the molecule is C=CCCCCOC(=O)[C@H]1[C@H]2C(=O)N(CCCCCO)C(C(=O)N(CC=C)Cc3ccccc3)C23CC(C)[C@]1(C)O3. The summed E-state index contributed by atoms with van der Waals surface area (Å²) in [7, 11) is 0. The molecule has 1 aromatic carbocycles. The summed E-state index contributed by atoms with van der Waals surface area (Å²) in [6.45, 7) is 13.0. The van der Waals surface area contributed by atoms with Crippen LogP contribution in [0.3, 0.4) is 0 Å². The first-order chi connectivity index (χ1) is 19.7. The van der Waals surface area contributed by atoms with E-state index in [9.17, 15) is 19.5 Å². The van der Waals surface area contributed by atoms with Crippen LogP contribution in [0.5, 0.6) is 0 Å². The highest BCUT2D eigenvalue weighted by atomic mass is 16.6. The molecule has 0 radical (unpaired) electrons. The number of fused-ring (bicyclic) bond motifs is 1. The fourth-order valence-corrected chi connectivity index (χ4v) is 7.21. The Bertz CT molecular complexity index is 1110. The predicted molar refractivity (Wildman–Crippen MR) is 156 cm³/mol. The second kappa shape index (κ2) is 13.3. The predicted octanol–water partition coefficient (Wildman–Crippen LogP) is 4.27. The van der Waals surface area contributed by atoms with Gasteiger partial charge in [-0.05, 0) is 63.4 Å². The largest absolute Gasteiger partial charge is 0.465 e. The summed E-state index contributed by atoms with van der Waals surface area (Å²) in [6, 6.07) is 8.89. The fourth-order valence-electron chi connectivity index (χ4n) is 7.21. The lowest BCUT2D eigenvalue weighted by molar-refractivity contribution is -0.162. The van der Waals surface area contributed by atoms with Gasteiger partial charge in [-0.1, -0.05) is 49.4 Å². The zero-order valence-electron chi connectivity index (χ0n) is 24.6. The van der Waals surface area contributed by atoms with E-state index >= 15 is 0 Å². The van der Waals surface area contributed by atoms with Crippen molar-refractivity contribution in [2.45, 2.75) is 82.6 Å². The van der Waals surface area contributed by atoms with Crippen LogP contribution in [0.15, 0.2) is 55.6 Å². The van der Waals surface area contributed by atoms with Crippen LogP contribution in [0.1, 0.15) is 64.4 Å². The van der Waals surface area contributed by atoms with Gasteiger partial charge in [-0.15, -0.1) is 13.2 Å². The van der Waals surface area contributed by atoms with Crippen LogP contribution in [0.4, 0.5) is 0 Å². The average molecular weight is 567 g/mol. The van der Waals surface area contributed by atoms with Crippen LogP contribution in [0.2, 0.25) is 0 Å². The maximum atomic E-state index is 14.5. The molecule has 3 fully saturated rings. The number of aliphatic hydroxyl groups excluding tert-OH is 1. The number of unbranched alkanes of at least 4 members (excludes halogenated alkanes) is 4. The van der Waals surface area contributed by atoms with Gasteiger partial charge in [-0.25, -0.2) is 0 Å². The monoisotopic (exact) mass is 566 g/mol. The molecule has 6 atom stereocenters. The van der Waals surface area contributed by atoms with Crippen LogP contribution < -0.4 is 0 Å². The highest BCUT2D eigenvalue weighted by Gasteiger charge is 2.80. The van der Waals surface area contributed by atoms with Crippen molar-refractivity contribution in [2.75, 3.05) is 26.3 Å². The van der Waals surface area contributed by atoms with Crippen molar-refractivity contribution < 1.29 is 29.0 Å². The molecule has 1 N–H and O–H groups in total. The molecule has 3 unspecified atom stereocenters. The van der Waals surface area contributed by atoms with Gasteiger partial charge in [0, 0.05) is 26.2 Å². The molecular formula is C33H46N2O6. The first-order valence-corrected chi connectivity index (χ1v) is 15.1. The molecule has 8 nitrogen and oxygen atoms in total. The topological polar surface area (TPSA) is 96.4 Å². The van der Waals surface area contributed by atoms with Gasteiger partial charge >= 0.3 is 5.97 Å². The van der Waals surface area contributed by atoms with E-state index in [-0.39, 0.29) is 30.9 Å². The Morgan fingerprint density at radius 3 is 2.59 bits per heavy atom. The summed E-state index contributed by atoms with van der Waals surface area (Å²) >= 11 is 0. The van der Waals surface area contributed by atoms with Crippen LogP contribution in [0, 0.1) is 17.8 Å². The number of hydrogen-bond donors (Lipinski definition) is 1. The normalized spacial score (nSPS) is 29.8. The van der Waals surface area contributed by atoms with Gasteiger partial charge in [0.05, 0.1) is 18.1 Å². The standard InChI is InChI=1S/C33H46N2O6/c1-5-7-8-15-21-40-31(39)27-26-29(37)35(19-13-10-14-20-36)28(33(26)22-24(3)32(27,4)41-33)30(38)34(18-6-2)23-25-16-11-9-12-17-25/h5-6,9,11-12,16-17,24,26-28,36H,1-2,7-8,10,13-15,18-23H2,3-4H3/t24?,26-,27+,28?,32-,33?/m0/s1. The summed E-state index contributed by atoms with van der Waals surface area (Å²) in [5.74, 6) is -2.43. The van der Waals surface area contributed by atoms with Crippen molar-refractivity contribution in [1.82, 2.24) is 9.80 Å². The van der Waals surface area contributed by atoms with Crippen LogP contribution in [-0.4, -0.2) is 76.2 Å². The number of amides is 2. The number of rotatable bonds is 16. The lowest BCUT2D eigenvalue weighted by Gasteiger charge is -2.37. The number of likely N-dealkylation sites (tertiary alicyclic amines) is 1. The summed E-state index contributed by atoms with van der Waals surface area (Å²) in [6.07, 6.45) is 8.48. The third-order valence-corrected chi connectivity index (χ3v) is 9.28. The Morgan fingerprint density at radius 2 is 1.90 bits per heavy atom. The average Bonchev–Trinajstić information content (AvgIpc) is 3.47. The first-order valence-electron chi connectivity index (χ1n) is 15.1. The molecule has 3 saturated heterocycles. The highest BCUT2D eigenvalue weighted by Crippen LogP contribution is 2.65. The van der Waals surface area contributed by atoms with E-state index in [2.05, 4.69) is 13.2 Å². The molecular weight excluding hydrogens is 520 g/mol. The third-order valence-electron chi connectivity index (χ3n) is 9.28. The van der Waals surface area contributed by atoms with E-state index < -0.39 is 35.0 Å². The Balaban J connectivity index is 1.67. The smallest absolute Gasteiger partial charge is 0.312 e. The summed E-state index contributed by atoms with van der Waals surface area (Å²) in [4.78, 5) is 45.8. The lowest BCUT2D eigenvalue weighted by Crippen LogP contribution is -2.56. The molecule has 2 amide bonds. The molecule has 1 aromatic rings. The van der Waals surface area contributed by atoms with Gasteiger partial charge in [0.1, 0.15) is 17.6 Å². The second-order valence-corrected chi connectivity index (χ2v) is 12.0. The van der Waals surface area contributed by atoms with Gasteiger partial charge in [-0.2, -0.15) is 0 Å². The van der Waals surface area contributed by atoms with E-state index in [0.717, 1.165) is 31.2 Å². The maximum absolute atomic E-state index is 14.5. The molecule has 4 rings (SSSR count). The van der Waals surface area contributed by atoms with Crippen molar-refractivity contribution in [1.29, 1.82) is 0 Å². The summed E-state index contributed by atoms with van der Waals surface area (Å²) in [5.41, 5.74) is -1.03. The van der Waals surface area contributed by atoms with E-state index in [1.165, 1.54) is 0 Å². The number of benzene rings is 1. The molecule has 3 aliphatic rings. The van der Waals surface area contributed by atoms with Crippen molar-refractivity contribution in [3.63, 3.8) is 0 Å². The molecule has 2 bridgehead atoms. The van der Waals surface area contributed by atoms with Gasteiger partial charge in [0.25, 0.3) is 0 Å². The number of allylic oxidation sites excluding steroid dienone is 1. The molecule has 3 aliphatic heterocycles. The fraction of sp³-hybridized carbons (Fsp3) is 0.606. The van der Waals surface area contributed by atoms with E-state index in [4.69, 9.17) is 9.47 Å².